The third-order valence-corrected chi connectivity index (χ3v) is 8.11. The van der Waals surface area contributed by atoms with Gasteiger partial charge in [0.15, 0.2) is 0 Å². The third kappa shape index (κ3) is 3.70. The summed E-state index contributed by atoms with van der Waals surface area (Å²) < 4.78 is 5.39. The molecular formula is C37H21N5O. The number of nitrogens with zero attached hydrogens (tertiary/aromatic N) is 5. The standard InChI is InChI=1S/C37H21N5O/c1-3-9-22(10-4-1)29-19-17-24-15-16-25-18-20-31(40-35(25)34(24)38-29)27-21-28-32(37-36(27)41-43-42-37)26-13-7-8-14-30(26)39-33(28)23-11-5-2-6-12-23/h1-21H. The van der Waals surface area contributed by atoms with Crippen LogP contribution in [0.1, 0.15) is 0 Å². The molecule has 200 valence electrons. The van der Waals surface area contributed by atoms with Gasteiger partial charge >= 0.3 is 0 Å². The fraction of sp³-hybridized carbons (Fsp3) is 0. The van der Waals surface area contributed by atoms with Crippen LogP contribution >= 0.6 is 0 Å². The summed E-state index contributed by atoms with van der Waals surface area (Å²) in [5.41, 5.74) is 9.39. The van der Waals surface area contributed by atoms with E-state index in [1.165, 1.54) is 0 Å². The zero-order valence-corrected chi connectivity index (χ0v) is 22.8. The zero-order chi connectivity index (χ0) is 28.3. The van der Waals surface area contributed by atoms with Crippen LogP contribution in [0.3, 0.4) is 0 Å². The first kappa shape index (κ1) is 23.7. The highest BCUT2D eigenvalue weighted by molar-refractivity contribution is 6.23. The monoisotopic (exact) mass is 551 g/mol. The highest BCUT2D eigenvalue weighted by atomic mass is 16.6. The SMILES string of the molecule is c1ccc(-c2ccc3ccc4ccc(-c5cc6c(-c7ccccc7)nc7ccccc7c6c6nonc56)nc4c3n2)cc1. The number of para-hydroxylation sites is 1. The first-order valence-corrected chi connectivity index (χ1v) is 14.1. The molecule has 9 rings (SSSR count). The van der Waals surface area contributed by atoms with Gasteiger partial charge in [-0.2, -0.15) is 0 Å². The van der Waals surface area contributed by atoms with Gasteiger partial charge in [0.2, 0.25) is 0 Å². The Hall–Kier alpha value is -6.01. The maximum Gasteiger partial charge on any atom is 0.145 e. The van der Waals surface area contributed by atoms with E-state index >= 15 is 0 Å². The Morgan fingerprint density at radius 3 is 1.81 bits per heavy atom. The second-order valence-corrected chi connectivity index (χ2v) is 10.6. The molecule has 4 heterocycles. The highest BCUT2D eigenvalue weighted by Crippen LogP contribution is 2.40. The van der Waals surface area contributed by atoms with Gasteiger partial charge in [-0.1, -0.05) is 103 Å². The van der Waals surface area contributed by atoms with Crippen molar-refractivity contribution in [3.63, 3.8) is 0 Å². The van der Waals surface area contributed by atoms with Crippen LogP contribution < -0.4 is 0 Å². The third-order valence-electron chi connectivity index (χ3n) is 8.11. The summed E-state index contributed by atoms with van der Waals surface area (Å²) in [6, 6.07) is 43.2. The van der Waals surface area contributed by atoms with E-state index in [4.69, 9.17) is 19.6 Å². The summed E-state index contributed by atoms with van der Waals surface area (Å²) >= 11 is 0. The Labute approximate surface area is 245 Å². The van der Waals surface area contributed by atoms with Crippen LogP contribution in [0, 0.1) is 0 Å². The lowest BCUT2D eigenvalue weighted by molar-refractivity contribution is 0.316. The Kier molecular flexibility index (Phi) is 5.10. The van der Waals surface area contributed by atoms with Gasteiger partial charge in [0, 0.05) is 43.6 Å². The van der Waals surface area contributed by atoms with Crippen molar-refractivity contribution >= 4 is 54.5 Å². The summed E-state index contributed by atoms with van der Waals surface area (Å²) in [6.45, 7) is 0. The first-order chi connectivity index (χ1) is 21.3. The van der Waals surface area contributed by atoms with Gasteiger partial charge in [0.05, 0.1) is 33.6 Å². The molecule has 0 aliphatic heterocycles. The molecule has 5 aromatic carbocycles. The van der Waals surface area contributed by atoms with Gasteiger partial charge in [-0.15, -0.1) is 0 Å². The van der Waals surface area contributed by atoms with Gasteiger partial charge in [-0.25, -0.2) is 19.6 Å². The second-order valence-electron chi connectivity index (χ2n) is 10.6. The molecule has 6 heteroatoms. The Morgan fingerprint density at radius 1 is 0.442 bits per heavy atom. The van der Waals surface area contributed by atoms with Gasteiger partial charge < -0.3 is 0 Å². The summed E-state index contributed by atoms with van der Waals surface area (Å²) in [7, 11) is 0. The van der Waals surface area contributed by atoms with Crippen molar-refractivity contribution in [1.29, 1.82) is 0 Å². The van der Waals surface area contributed by atoms with E-state index in [1.54, 1.807) is 0 Å². The maximum absolute atomic E-state index is 5.39. The molecule has 0 saturated carbocycles. The van der Waals surface area contributed by atoms with E-state index in [2.05, 4.69) is 77.0 Å². The molecule has 9 aromatic rings. The van der Waals surface area contributed by atoms with Crippen LogP contribution in [0.5, 0.6) is 0 Å². The van der Waals surface area contributed by atoms with E-state index in [-0.39, 0.29) is 0 Å². The van der Waals surface area contributed by atoms with E-state index < -0.39 is 0 Å². The minimum Gasteiger partial charge on any atom is -0.247 e. The highest BCUT2D eigenvalue weighted by Gasteiger charge is 2.21. The van der Waals surface area contributed by atoms with Crippen molar-refractivity contribution in [3.05, 3.63) is 127 Å². The summed E-state index contributed by atoms with van der Waals surface area (Å²) in [5, 5.41) is 13.8. The van der Waals surface area contributed by atoms with Crippen LogP contribution in [0.15, 0.2) is 132 Å². The summed E-state index contributed by atoms with van der Waals surface area (Å²) in [4.78, 5) is 15.4. The number of aromatic nitrogens is 5. The molecule has 43 heavy (non-hydrogen) atoms. The van der Waals surface area contributed by atoms with Crippen LogP contribution in [-0.2, 0) is 0 Å². The number of benzene rings is 5. The van der Waals surface area contributed by atoms with Crippen molar-refractivity contribution in [3.8, 4) is 33.8 Å². The molecular weight excluding hydrogens is 530 g/mol. The molecule has 0 fully saturated rings. The summed E-state index contributed by atoms with van der Waals surface area (Å²) in [5.74, 6) is 0. The molecule has 0 unspecified atom stereocenters. The molecule has 0 aliphatic rings. The molecule has 0 bridgehead atoms. The Morgan fingerprint density at radius 2 is 1.05 bits per heavy atom. The number of fused-ring (bicyclic) bond motifs is 8. The average Bonchev–Trinajstić information content (AvgIpc) is 3.58. The van der Waals surface area contributed by atoms with Crippen LogP contribution in [-0.4, -0.2) is 25.3 Å². The smallest absolute Gasteiger partial charge is 0.145 e. The van der Waals surface area contributed by atoms with Gasteiger partial charge in [0.1, 0.15) is 11.0 Å². The van der Waals surface area contributed by atoms with E-state index in [9.17, 15) is 0 Å². The van der Waals surface area contributed by atoms with E-state index in [1.807, 2.05) is 60.7 Å². The molecule has 0 N–H and O–H groups in total. The quantitative estimate of drug-likeness (QED) is 0.204. The maximum atomic E-state index is 5.39. The minimum absolute atomic E-state index is 0.660. The molecule has 6 nitrogen and oxygen atoms in total. The Balaban J connectivity index is 1.35. The Bertz CT molecular complexity index is 2510. The van der Waals surface area contributed by atoms with Crippen molar-refractivity contribution in [2.75, 3.05) is 0 Å². The molecule has 4 aromatic heterocycles. The van der Waals surface area contributed by atoms with Crippen molar-refractivity contribution < 1.29 is 4.63 Å². The topological polar surface area (TPSA) is 77.6 Å². The van der Waals surface area contributed by atoms with Gasteiger partial charge in [-0.05, 0) is 34.6 Å². The minimum atomic E-state index is 0.660. The van der Waals surface area contributed by atoms with Crippen molar-refractivity contribution in [2.24, 2.45) is 0 Å². The molecule has 0 aliphatic carbocycles. The lowest BCUT2D eigenvalue weighted by Gasteiger charge is -2.13. The number of rotatable bonds is 3. The zero-order valence-electron chi connectivity index (χ0n) is 22.8. The summed E-state index contributed by atoms with van der Waals surface area (Å²) in [6.07, 6.45) is 0. The van der Waals surface area contributed by atoms with Crippen molar-refractivity contribution in [2.45, 2.75) is 0 Å². The number of hydrogen-bond acceptors (Lipinski definition) is 6. The second kappa shape index (κ2) is 9.26. The fourth-order valence-electron chi connectivity index (χ4n) is 6.06. The van der Waals surface area contributed by atoms with Gasteiger partial charge in [-0.3, -0.25) is 0 Å². The largest absolute Gasteiger partial charge is 0.247 e. The lowest BCUT2D eigenvalue weighted by atomic mass is 9.95. The predicted octanol–water partition coefficient (Wildman–Crippen LogP) is 9.02. The van der Waals surface area contributed by atoms with Crippen molar-refractivity contribution in [1.82, 2.24) is 25.3 Å². The fourth-order valence-corrected chi connectivity index (χ4v) is 6.06. The van der Waals surface area contributed by atoms with E-state index in [0.717, 1.165) is 77.3 Å². The molecule has 0 amide bonds. The molecule has 0 radical (unpaired) electrons. The average molecular weight is 552 g/mol. The molecule has 0 saturated heterocycles. The van der Waals surface area contributed by atoms with Gasteiger partial charge in [0.25, 0.3) is 0 Å². The van der Waals surface area contributed by atoms with Crippen LogP contribution in [0.4, 0.5) is 0 Å². The number of hydrogen-bond donors (Lipinski definition) is 0. The molecule has 0 spiro atoms. The normalized spacial score (nSPS) is 11.7. The first-order valence-electron chi connectivity index (χ1n) is 14.1. The number of pyridine rings is 3. The van der Waals surface area contributed by atoms with E-state index in [0.29, 0.717) is 11.0 Å². The van der Waals surface area contributed by atoms with Crippen LogP contribution in [0.25, 0.3) is 88.3 Å². The predicted molar refractivity (Wildman–Crippen MR) is 172 cm³/mol. The molecule has 0 atom stereocenters. The van der Waals surface area contributed by atoms with Crippen LogP contribution in [0.2, 0.25) is 0 Å². The lowest BCUT2D eigenvalue weighted by Crippen LogP contribution is -1.94.